The zero-order chi connectivity index (χ0) is 14.2. The molecular formula is C16H23FO2. The molecule has 0 aromatic heterocycles. The second-order valence-electron chi connectivity index (χ2n) is 6.17. The molecule has 19 heavy (non-hydrogen) atoms. The monoisotopic (exact) mass is 266 g/mol. The molecule has 1 atom stereocenters. The van der Waals surface area contributed by atoms with Crippen molar-refractivity contribution in [1.82, 2.24) is 0 Å². The first kappa shape index (κ1) is 14.5. The molecule has 0 bridgehead atoms. The van der Waals surface area contributed by atoms with Crippen LogP contribution in [0.1, 0.15) is 55.4 Å². The molecular weight excluding hydrogens is 243 g/mol. The Kier molecular flexibility index (Phi) is 3.98. The summed E-state index contributed by atoms with van der Waals surface area (Å²) in [5.41, 5.74) is 0.600. The maximum Gasteiger partial charge on any atom is 0.129 e. The number of hydrogen-bond acceptors (Lipinski definition) is 2. The van der Waals surface area contributed by atoms with Gasteiger partial charge < -0.3 is 10.2 Å². The van der Waals surface area contributed by atoms with Gasteiger partial charge in [0.1, 0.15) is 11.9 Å². The van der Waals surface area contributed by atoms with Gasteiger partial charge in [0, 0.05) is 5.56 Å². The topological polar surface area (TPSA) is 40.5 Å². The number of aliphatic hydroxyl groups excluding tert-OH is 1. The number of aryl methyl sites for hydroxylation is 2. The molecule has 1 fully saturated rings. The van der Waals surface area contributed by atoms with Gasteiger partial charge >= 0.3 is 0 Å². The Morgan fingerprint density at radius 2 is 1.84 bits per heavy atom. The standard InChI is InChI=1S/C16H23FO2/c1-10-4-6-16(19,7-5-10)15(18)14-12(3)8-11(2)9-13(14)17/h8-10,15,18-19H,4-7H2,1-3H3. The lowest BCUT2D eigenvalue weighted by Crippen LogP contribution is -2.40. The zero-order valence-corrected chi connectivity index (χ0v) is 11.9. The van der Waals surface area contributed by atoms with Crippen LogP contribution < -0.4 is 0 Å². The SMILES string of the molecule is Cc1cc(C)c(C(O)C2(O)CCC(C)CC2)c(F)c1. The summed E-state index contributed by atoms with van der Waals surface area (Å²) >= 11 is 0. The third-order valence-corrected chi connectivity index (χ3v) is 4.40. The van der Waals surface area contributed by atoms with Crippen LogP contribution in [0.5, 0.6) is 0 Å². The number of hydrogen-bond donors (Lipinski definition) is 2. The molecule has 3 heteroatoms. The molecule has 1 unspecified atom stereocenters. The highest BCUT2D eigenvalue weighted by molar-refractivity contribution is 5.35. The summed E-state index contributed by atoms with van der Waals surface area (Å²) in [6.07, 6.45) is 1.67. The van der Waals surface area contributed by atoms with E-state index in [9.17, 15) is 14.6 Å². The van der Waals surface area contributed by atoms with Crippen LogP contribution in [0.4, 0.5) is 4.39 Å². The van der Waals surface area contributed by atoms with E-state index in [0.29, 0.717) is 24.3 Å². The Hall–Kier alpha value is -0.930. The summed E-state index contributed by atoms with van der Waals surface area (Å²) in [5, 5.41) is 21.1. The van der Waals surface area contributed by atoms with Gasteiger partial charge in [-0.3, -0.25) is 0 Å². The van der Waals surface area contributed by atoms with Gasteiger partial charge in [0.15, 0.2) is 0 Å². The summed E-state index contributed by atoms with van der Waals surface area (Å²) in [6, 6.07) is 3.26. The van der Waals surface area contributed by atoms with Crippen LogP contribution in [-0.4, -0.2) is 15.8 Å². The summed E-state index contributed by atoms with van der Waals surface area (Å²) < 4.78 is 14.1. The molecule has 0 radical (unpaired) electrons. The Morgan fingerprint density at radius 3 is 2.37 bits per heavy atom. The average molecular weight is 266 g/mol. The van der Waals surface area contributed by atoms with Crippen LogP contribution in [0.3, 0.4) is 0 Å². The second kappa shape index (κ2) is 5.22. The van der Waals surface area contributed by atoms with Gasteiger partial charge in [0.05, 0.1) is 5.60 Å². The highest BCUT2D eigenvalue weighted by Crippen LogP contribution is 2.41. The molecule has 0 heterocycles. The Bertz CT molecular complexity index is 439. The fourth-order valence-electron chi connectivity index (χ4n) is 3.08. The molecule has 1 aromatic rings. The fourth-order valence-corrected chi connectivity index (χ4v) is 3.08. The van der Waals surface area contributed by atoms with Crippen molar-refractivity contribution in [3.63, 3.8) is 0 Å². The molecule has 1 aliphatic rings. The minimum Gasteiger partial charge on any atom is -0.387 e. The van der Waals surface area contributed by atoms with E-state index in [-0.39, 0.29) is 5.56 Å². The van der Waals surface area contributed by atoms with Crippen LogP contribution in [0.15, 0.2) is 12.1 Å². The van der Waals surface area contributed by atoms with E-state index >= 15 is 0 Å². The maximum atomic E-state index is 14.1. The highest BCUT2D eigenvalue weighted by Gasteiger charge is 2.40. The van der Waals surface area contributed by atoms with E-state index in [1.165, 1.54) is 6.07 Å². The van der Waals surface area contributed by atoms with Crippen molar-refractivity contribution < 1.29 is 14.6 Å². The Labute approximate surface area is 114 Å². The van der Waals surface area contributed by atoms with Crippen LogP contribution in [0, 0.1) is 25.6 Å². The number of benzene rings is 1. The molecule has 0 amide bonds. The molecule has 2 rings (SSSR count). The first-order chi connectivity index (χ1) is 8.83. The molecule has 106 valence electrons. The van der Waals surface area contributed by atoms with Gasteiger partial charge in [0.2, 0.25) is 0 Å². The number of rotatable bonds is 2. The molecule has 2 nitrogen and oxygen atoms in total. The zero-order valence-electron chi connectivity index (χ0n) is 11.9. The third kappa shape index (κ3) is 2.82. The number of halogens is 1. The van der Waals surface area contributed by atoms with E-state index in [4.69, 9.17) is 0 Å². The van der Waals surface area contributed by atoms with Crippen LogP contribution >= 0.6 is 0 Å². The van der Waals surface area contributed by atoms with E-state index in [1.807, 2.05) is 13.0 Å². The minimum absolute atomic E-state index is 0.252. The predicted molar refractivity (Wildman–Crippen MR) is 73.4 cm³/mol. The summed E-state index contributed by atoms with van der Waals surface area (Å²) in [6.45, 7) is 5.75. The van der Waals surface area contributed by atoms with Crippen molar-refractivity contribution in [3.8, 4) is 0 Å². The minimum atomic E-state index is -1.19. The average Bonchev–Trinajstić information content (AvgIpc) is 2.31. The van der Waals surface area contributed by atoms with Crippen molar-refractivity contribution >= 4 is 0 Å². The van der Waals surface area contributed by atoms with Gasteiger partial charge in [-0.05, 0) is 62.6 Å². The van der Waals surface area contributed by atoms with Gasteiger partial charge in [-0.25, -0.2) is 4.39 Å². The largest absolute Gasteiger partial charge is 0.387 e. The van der Waals surface area contributed by atoms with E-state index in [0.717, 1.165) is 18.4 Å². The third-order valence-electron chi connectivity index (χ3n) is 4.40. The molecule has 0 saturated heterocycles. The lowest BCUT2D eigenvalue weighted by molar-refractivity contribution is -0.106. The van der Waals surface area contributed by atoms with Crippen LogP contribution in [-0.2, 0) is 0 Å². The van der Waals surface area contributed by atoms with Crippen molar-refractivity contribution in [1.29, 1.82) is 0 Å². The fraction of sp³-hybridized carbons (Fsp3) is 0.625. The molecule has 2 N–H and O–H groups in total. The second-order valence-corrected chi connectivity index (χ2v) is 6.17. The van der Waals surface area contributed by atoms with E-state index in [1.54, 1.807) is 6.92 Å². The van der Waals surface area contributed by atoms with Crippen molar-refractivity contribution in [2.24, 2.45) is 5.92 Å². The summed E-state index contributed by atoms with van der Waals surface area (Å²) in [7, 11) is 0. The number of aliphatic hydroxyl groups is 2. The Morgan fingerprint density at radius 1 is 1.26 bits per heavy atom. The van der Waals surface area contributed by atoms with Gasteiger partial charge in [-0.15, -0.1) is 0 Å². The summed E-state index contributed by atoms with van der Waals surface area (Å²) in [4.78, 5) is 0. The first-order valence-corrected chi connectivity index (χ1v) is 7.00. The summed E-state index contributed by atoms with van der Waals surface area (Å²) in [5.74, 6) is 0.147. The molecule has 0 spiro atoms. The highest BCUT2D eigenvalue weighted by atomic mass is 19.1. The molecule has 1 aromatic carbocycles. The smallest absolute Gasteiger partial charge is 0.129 e. The molecule has 1 aliphatic carbocycles. The molecule has 1 saturated carbocycles. The first-order valence-electron chi connectivity index (χ1n) is 7.00. The van der Waals surface area contributed by atoms with Crippen molar-refractivity contribution in [2.75, 3.05) is 0 Å². The van der Waals surface area contributed by atoms with Crippen molar-refractivity contribution in [2.45, 2.75) is 58.2 Å². The van der Waals surface area contributed by atoms with E-state index < -0.39 is 17.5 Å². The normalized spacial score (nSPS) is 29.3. The lowest BCUT2D eigenvalue weighted by Gasteiger charge is -2.39. The molecule has 0 aliphatic heterocycles. The van der Waals surface area contributed by atoms with Crippen LogP contribution in [0.25, 0.3) is 0 Å². The van der Waals surface area contributed by atoms with Gasteiger partial charge in [0.25, 0.3) is 0 Å². The quantitative estimate of drug-likeness (QED) is 0.861. The van der Waals surface area contributed by atoms with Crippen LogP contribution in [0.2, 0.25) is 0 Å². The van der Waals surface area contributed by atoms with Crippen molar-refractivity contribution in [3.05, 3.63) is 34.6 Å². The predicted octanol–water partition coefficient (Wildman–Crippen LogP) is 3.42. The Balaban J connectivity index is 2.31. The maximum absolute atomic E-state index is 14.1. The van der Waals surface area contributed by atoms with Gasteiger partial charge in [-0.2, -0.15) is 0 Å². The van der Waals surface area contributed by atoms with E-state index in [2.05, 4.69) is 6.92 Å². The lowest BCUT2D eigenvalue weighted by atomic mass is 9.74. The van der Waals surface area contributed by atoms with Gasteiger partial charge in [-0.1, -0.05) is 13.0 Å².